The van der Waals surface area contributed by atoms with E-state index in [9.17, 15) is 4.79 Å². The average Bonchev–Trinajstić information content (AvgIpc) is 2.32. The lowest BCUT2D eigenvalue weighted by atomic mass is 9.88. The summed E-state index contributed by atoms with van der Waals surface area (Å²) in [5.41, 5.74) is 1.16. The second-order valence-corrected chi connectivity index (χ2v) is 10.4. The van der Waals surface area contributed by atoms with Crippen molar-refractivity contribution in [2.75, 3.05) is 25.6 Å². The number of rotatable bonds is 4. The Bertz CT molecular complexity index is 616. The standard InChI is InChI=1S/C19H30N2O3S/c1-17(2,3)24-16(22)20-15-10-8-9-14(11-15)19(12-23-13-19)21(7)25-18(4,5)6/h8-11H,12-13H2,1-7H3,(H,20,22). The summed E-state index contributed by atoms with van der Waals surface area (Å²) in [7, 11) is 2.10. The van der Waals surface area contributed by atoms with Gasteiger partial charge in [0.05, 0.1) is 13.2 Å². The molecule has 1 heterocycles. The number of hydrogen-bond donors (Lipinski definition) is 1. The number of carbonyl (C=O) groups is 1. The SMILES string of the molecule is CN(SC(C)(C)C)C1(c2cccc(NC(=O)OC(C)(C)C)c2)COC1. The first kappa shape index (κ1) is 20.1. The summed E-state index contributed by atoms with van der Waals surface area (Å²) in [5.74, 6) is 0. The Morgan fingerprint density at radius 1 is 1.24 bits per heavy atom. The highest BCUT2D eigenvalue weighted by Crippen LogP contribution is 2.43. The van der Waals surface area contributed by atoms with Crippen LogP contribution >= 0.6 is 11.9 Å². The molecule has 0 aromatic heterocycles. The van der Waals surface area contributed by atoms with Crippen molar-refractivity contribution < 1.29 is 14.3 Å². The largest absolute Gasteiger partial charge is 0.444 e. The van der Waals surface area contributed by atoms with Gasteiger partial charge in [-0.3, -0.25) is 5.32 Å². The fourth-order valence-electron chi connectivity index (χ4n) is 2.63. The lowest BCUT2D eigenvalue weighted by molar-refractivity contribution is -0.107. The molecule has 1 aromatic carbocycles. The normalized spacial score (nSPS) is 17.1. The first-order valence-electron chi connectivity index (χ1n) is 8.53. The maximum atomic E-state index is 12.0. The molecule has 1 saturated heterocycles. The van der Waals surface area contributed by atoms with E-state index in [1.54, 1.807) is 11.9 Å². The average molecular weight is 367 g/mol. The van der Waals surface area contributed by atoms with Gasteiger partial charge >= 0.3 is 6.09 Å². The van der Waals surface area contributed by atoms with Gasteiger partial charge in [0.2, 0.25) is 0 Å². The highest BCUT2D eigenvalue weighted by molar-refractivity contribution is 7.98. The summed E-state index contributed by atoms with van der Waals surface area (Å²) >= 11 is 1.80. The maximum Gasteiger partial charge on any atom is 0.412 e. The lowest BCUT2D eigenvalue weighted by Crippen LogP contribution is -2.56. The maximum absolute atomic E-state index is 12.0. The van der Waals surface area contributed by atoms with Gasteiger partial charge in [-0.2, -0.15) is 0 Å². The molecule has 0 unspecified atom stereocenters. The second kappa shape index (κ2) is 7.17. The molecule has 0 atom stereocenters. The predicted molar refractivity (Wildman–Crippen MR) is 104 cm³/mol. The van der Waals surface area contributed by atoms with E-state index in [0.717, 1.165) is 11.3 Å². The molecular weight excluding hydrogens is 336 g/mol. The van der Waals surface area contributed by atoms with E-state index < -0.39 is 11.7 Å². The van der Waals surface area contributed by atoms with Crippen LogP contribution in [0.15, 0.2) is 24.3 Å². The van der Waals surface area contributed by atoms with Crippen molar-refractivity contribution in [3.63, 3.8) is 0 Å². The minimum atomic E-state index is -0.520. The Kier molecular flexibility index (Phi) is 5.76. The minimum absolute atomic E-state index is 0.115. The number of ether oxygens (including phenoxy) is 2. The van der Waals surface area contributed by atoms with Crippen LogP contribution < -0.4 is 5.32 Å². The molecule has 140 valence electrons. The van der Waals surface area contributed by atoms with E-state index in [1.807, 2.05) is 39.0 Å². The molecule has 0 aliphatic carbocycles. The van der Waals surface area contributed by atoms with Gasteiger partial charge in [-0.1, -0.05) is 24.1 Å². The minimum Gasteiger partial charge on any atom is -0.444 e. The predicted octanol–water partition coefficient (Wildman–Crippen LogP) is 4.64. The molecule has 1 aromatic rings. The number of benzene rings is 1. The Morgan fingerprint density at radius 3 is 2.36 bits per heavy atom. The Morgan fingerprint density at radius 2 is 1.88 bits per heavy atom. The third-order valence-corrected chi connectivity index (χ3v) is 4.91. The van der Waals surface area contributed by atoms with Crippen LogP contribution in [-0.2, 0) is 15.0 Å². The third-order valence-electron chi connectivity index (χ3n) is 3.74. The summed E-state index contributed by atoms with van der Waals surface area (Å²) in [5, 5.41) is 2.82. The molecule has 1 aliphatic rings. The fraction of sp³-hybridized carbons (Fsp3) is 0.632. The van der Waals surface area contributed by atoms with Crippen LogP contribution in [0, 0.1) is 0 Å². The first-order chi connectivity index (χ1) is 11.4. The summed E-state index contributed by atoms with van der Waals surface area (Å²) in [4.78, 5) is 12.0. The molecule has 2 rings (SSSR count). The summed E-state index contributed by atoms with van der Waals surface area (Å²) in [6.45, 7) is 13.4. The molecule has 25 heavy (non-hydrogen) atoms. The second-order valence-electron chi connectivity index (χ2n) is 8.43. The summed E-state index contributed by atoms with van der Waals surface area (Å²) in [6.07, 6.45) is -0.444. The third kappa shape index (κ3) is 5.36. The van der Waals surface area contributed by atoms with Crippen molar-refractivity contribution >= 4 is 23.7 Å². The molecule has 0 radical (unpaired) electrons. The van der Waals surface area contributed by atoms with Crippen LogP contribution in [0.2, 0.25) is 0 Å². The summed E-state index contributed by atoms with van der Waals surface area (Å²) < 4.78 is 13.3. The van der Waals surface area contributed by atoms with Gasteiger partial charge in [-0.25, -0.2) is 9.10 Å². The van der Waals surface area contributed by atoms with E-state index in [-0.39, 0.29) is 10.3 Å². The molecule has 0 saturated carbocycles. The van der Waals surface area contributed by atoms with Gasteiger partial charge in [-0.15, -0.1) is 0 Å². The van der Waals surface area contributed by atoms with E-state index in [1.165, 1.54) is 0 Å². The van der Waals surface area contributed by atoms with Crippen molar-refractivity contribution in [1.29, 1.82) is 0 Å². The lowest BCUT2D eigenvalue weighted by Gasteiger charge is -2.49. The molecule has 1 fully saturated rings. The van der Waals surface area contributed by atoms with E-state index in [0.29, 0.717) is 13.2 Å². The van der Waals surface area contributed by atoms with Gasteiger partial charge in [-0.05, 0) is 66.3 Å². The zero-order chi connectivity index (χ0) is 18.9. The smallest absolute Gasteiger partial charge is 0.412 e. The van der Waals surface area contributed by atoms with Crippen LogP contribution in [0.4, 0.5) is 10.5 Å². The number of carbonyl (C=O) groups excluding carboxylic acids is 1. The first-order valence-corrected chi connectivity index (χ1v) is 9.30. The van der Waals surface area contributed by atoms with Gasteiger partial charge in [0.15, 0.2) is 0 Å². The molecular formula is C19H30N2O3S. The molecule has 1 amide bonds. The molecule has 6 heteroatoms. The topological polar surface area (TPSA) is 50.8 Å². The molecule has 0 spiro atoms. The van der Waals surface area contributed by atoms with E-state index >= 15 is 0 Å². The highest BCUT2D eigenvalue weighted by atomic mass is 32.2. The van der Waals surface area contributed by atoms with Crippen LogP contribution in [0.5, 0.6) is 0 Å². The summed E-state index contributed by atoms with van der Waals surface area (Å²) in [6, 6.07) is 7.92. The highest BCUT2D eigenvalue weighted by Gasteiger charge is 2.45. The van der Waals surface area contributed by atoms with Crippen LogP contribution in [0.25, 0.3) is 0 Å². The van der Waals surface area contributed by atoms with E-state index in [2.05, 4.69) is 43.5 Å². The van der Waals surface area contributed by atoms with Crippen LogP contribution in [0.1, 0.15) is 47.1 Å². The number of nitrogens with one attached hydrogen (secondary N) is 1. The number of nitrogens with zero attached hydrogens (tertiary/aromatic N) is 1. The van der Waals surface area contributed by atoms with Crippen molar-refractivity contribution in [2.45, 2.75) is 57.4 Å². The van der Waals surface area contributed by atoms with Crippen LogP contribution in [-0.4, -0.2) is 41.0 Å². The number of hydrogen-bond acceptors (Lipinski definition) is 5. The van der Waals surface area contributed by atoms with Crippen molar-refractivity contribution in [2.24, 2.45) is 0 Å². The number of anilines is 1. The monoisotopic (exact) mass is 366 g/mol. The van der Waals surface area contributed by atoms with Gasteiger partial charge in [0, 0.05) is 10.4 Å². The van der Waals surface area contributed by atoms with E-state index in [4.69, 9.17) is 9.47 Å². The Balaban J connectivity index is 2.17. The van der Waals surface area contributed by atoms with Gasteiger partial charge in [0.25, 0.3) is 0 Å². The zero-order valence-corrected chi connectivity index (χ0v) is 17.1. The molecule has 1 N–H and O–H groups in total. The van der Waals surface area contributed by atoms with Crippen LogP contribution in [0.3, 0.4) is 0 Å². The van der Waals surface area contributed by atoms with Gasteiger partial charge < -0.3 is 9.47 Å². The fourth-order valence-corrected chi connectivity index (χ4v) is 3.84. The quantitative estimate of drug-likeness (QED) is 0.787. The van der Waals surface area contributed by atoms with Crippen molar-refractivity contribution in [3.8, 4) is 0 Å². The molecule has 1 aliphatic heterocycles. The molecule has 5 nitrogen and oxygen atoms in total. The Hall–Kier alpha value is -1.24. The Labute approximate surface area is 155 Å². The van der Waals surface area contributed by atoms with Gasteiger partial charge in [0.1, 0.15) is 11.1 Å². The van der Waals surface area contributed by atoms with Crippen molar-refractivity contribution in [3.05, 3.63) is 29.8 Å². The van der Waals surface area contributed by atoms with Crippen molar-refractivity contribution in [1.82, 2.24) is 4.31 Å². The molecule has 0 bridgehead atoms. The number of likely N-dealkylation sites (N-methyl/N-ethyl adjacent to an activating group) is 1. The zero-order valence-electron chi connectivity index (χ0n) is 16.3. The number of amides is 1.